The number of ether oxygens (including phenoxy) is 2. The Hall–Kier alpha value is -3.54. The van der Waals surface area contributed by atoms with Gasteiger partial charge in [0.25, 0.3) is 0 Å². The standard InChI is InChI=1S/C24H25N3O3/c28-24(27-16-12-23(13-17-27)30-22-10-14-25-15-11-22)26-18-19-6-8-21(9-7-19)29-20-4-2-1-3-5-20/h1-11,14-15,23H,12-13,16-18H2,(H,26,28). The fraction of sp³-hybridized carbons (Fsp3) is 0.250. The summed E-state index contributed by atoms with van der Waals surface area (Å²) in [7, 11) is 0. The molecule has 1 aliphatic heterocycles. The zero-order valence-electron chi connectivity index (χ0n) is 16.7. The number of amides is 2. The number of piperidine rings is 1. The van der Waals surface area contributed by atoms with Gasteiger partial charge in [0, 0.05) is 44.9 Å². The summed E-state index contributed by atoms with van der Waals surface area (Å²) < 4.78 is 11.8. The predicted octanol–water partition coefficient (Wildman–Crippen LogP) is 4.63. The molecule has 30 heavy (non-hydrogen) atoms. The normalized spacial score (nSPS) is 14.2. The molecule has 0 saturated carbocycles. The van der Waals surface area contributed by atoms with Gasteiger partial charge in [-0.25, -0.2) is 4.79 Å². The molecule has 1 aromatic heterocycles. The highest BCUT2D eigenvalue weighted by atomic mass is 16.5. The maximum atomic E-state index is 12.5. The van der Waals surface area contributed by atoms with Crippen molar-refractivity contribution in [1.29, 1.82) is 0 Å². The minimum Gasteiger partial charge on any atom is -0.490 e. The highest BCUT2D eigenvalue weighted by molar-refractivity contribution is 5.74. The van der Waals surface area contributed by atoms with E-state index in [1.165, 1.54) is 0 Å². The number of benzene rings is 2. The molecule has 0 aliphatic carbocycles. The van der Waals surface area contributed by atoms with E-state index < -0.39 is 0 Å². The third-order valence-corrected chi connectivity index (χ3v) is 5.03. The van der Waals surface area contributed by atoms with Crippen LogP contribution in [0, 0.1) is 0 Å². The number of para-hydroxylation sites is 1. The first-order valence-corrected chi connectivity index (χ1v) is 10.2. The summed E-state index contributed by atoms with van der Waals surface area (Å²) >= 11 is 0. The first kappa shape index (κ1) is 19.8. The van der Waals surface area contributed by atoms with Gasteiger partial charge in [-0.2, -0.15) is 0 Å². The fourth-order valence-corrected chi connectivity index (χ4v) is 3.38. The first-order chi connectivity index (χ1) is 14.8. The van der Waals surface area contributed by atoms with Gasteiger partial charge in [0.1, 0.15) is 23.4 Å². The van der Waals surface area contributed by atoms with E-state index in [1.54, 1.807) is 12.4 Å². The smallest absolute Gasteiger partial charge is 0.317 e. The lowest BCUT2D eigenvalue weighted by Crippen LogP contribution is -2.46. The molecule has 1 N–H and O–H groups in total. The van der Waals surface area contributed by atoms with Gasteiger partial charge in [-0.15, -0.1) is 0 Å². The molecular weight excluding hydrogens is 378 g/mol. The van der Waals surface area contributed by atoms with Crippen molar-refractivity contribution in [2.45, 2.75) is 25.5 Å². The van der Waals surface area contributed by atoms with Crippen LogP contribution in [0.1, 0.15) is 18.4 Å². The highest BCUT2D eigenvalue weighted by Crippen LogP contribution is 2.21. The zero-order valence-corrected chi connectivity index (χ0v) is 16.7. The van der Waals surface area contributed by atoms with E-state index in [0.717, 1.165) is 35.7 Å². The maximum absolute atomic E-state index is 12.5. The SMILES string of the molecule is O=C(NCc1ccc(Oc2ccccc2)cc1)N1CCC(Oc2ccncc2)CC1. The number of aromatic nitrogens is 1. The van der Waals surface area contributed by atoms with Crippen LogP contribution in [0.3, 0.4) is 0 Å². The van der Waals surface area contributed by atoms with Crippen LogP contribution >= 0.6 is 0 Å². The number of carbonyl (C=O) groups is 1. The molecule has 1 saturated heterocycles. The number of pyridine rings is 1. The average Bonchev–Trinajstić information content (AvgIpc) is 2.80. The lowest BCUT2D eigenvalue weighted by molar-refractivity contribution is 0.111. The Morgan fingerprint density at radius 2 is 1.57 bits per heavy atom. The van der Waals surface area contributed by atoms with Crippen molar-refractivity contribution in [2.24, 2.45) is 0 Å². The van der Waals surface area contributed by atoms with Crippen molar-refractivity contribution >= 4 is 6.03 Å². The minimum atomic E-state index is -0.0398. The molecule has 6 heteroatoms. The summed E-state index contributed by atoms with van der Waals surface area (Å²) in [5.74, 6) is 2.40. The van der Waals surface area contributed by atoms with E-state index in [2.05, 4.69) is 10.3 Å². The third-order valence-electron chi connectivity index (χ3n) is 5.03. The molecule has 0 unspecified atom stereocenters. The molecule has 154 valence electrons. The van der Waals surface area contributed by atoms with Crippen molar-refractivity contribution in [3.05, 3.63) is 84.7 Å². The average molecular weight is 403 g/mol. The summed E-state index contributed by atoms with van der Waals surface area (Å²) in [5.41, 5.74) is 1.03. The third kappa shape index (κ3) is 5.50. The van der Waals surface area contributed by atoms with Gasteiger partial charge in [-0.05, 0) is 42.0 Å². The summed E-state index contributed by atoms with van der Waals surface area (Å²) in [6.07, 6.45) is 5.22. The number of hydrogen-bond donors (Lipinski definition) is 1. The molecule has 0 bridgehead atoms. The number of rotatable bonds is 6. The molecule has 1 fully saturated rings. The maximum Gasteiger partial charge on any atom is 0.317 e. The molecule has 0 radical (unpaired) electrons. The van der Waals surface area contributed by atoms with Gasteiger partial charge in [-0.1, -0.05) is 30.3 Å². The fourth-order valence-electron chi connectivity index (χ4n) is 3.38. The van der Waals surface area contributed by atoms with Crippen molar-refractivity contribution < 1.29 is 14.3 Å². The van der Waals surface area contributed by atoms with Crippen LogP contribution in [0.25, 0.3) is 0 Å². The molecule has 6 nitrogen and oxygen atoms in total. The van der Waals surface area contributed by atoms with Crippen LogP contribution in [-0.2, 0) is 6.54 Å². The molecule has 4 rings (SSSR count). The van der Waals surface area contributed by atoms with Crippen LogP contribution in [0.2, 0.25) is 0 Å². The van der Waals surface area contributed by atoms with Crippen LogP contribution in [0.5, 0.6) is 17.2 Å². The van der Waals surface area contributed by atoms with Crippen LogP contribution in [-0.4, -0.2) is 35.1 Å². The zero-order chi connectivity index (χ0) is 20.6. The number of nitrogens with zero attached hydrogens (tertiary/aromatic N) is 2. The highest BCUT2D eigenvalue weighted by Gasteiger charge is 2.23. The Bertz CT molecular complexity index is 925. The van der Waals surface area contributed by atoms with Gasteiger partial charge >= 0.3 is 6.03 Å². The second-order valence-corrected chi connectivity index (χ2v) is 7.20. The lowest BCUT2D eigenvalue weighted by Gasteiger charge is -2.32. The van der Waals surface area contributed by atoms with E-state index >= 15 is 0 Å². The van der Waals surface area contributed by atoms with Gasteiger partial charge in [0.15, 0.2) is 0 Å². The summed E-state index contributed by atoms with van der Waals surface area (Å²) in [6, 6.07) is 21.1. The van der Waals surface area contributed by atoms with Gasteiger partial charge < -0.3 is 19.7 Å². The molecule has 3 aromatic rings. The monoisotopic (exact) mass is 403 g/mol. The summed E-state index contributed by atoms with van der Waals surface area (Å²) in [4.78, 5) is 18.3. The number of nitrogens with one attached hydrogen (secondary N) is 1. The molecule has 2 heterocycles. The number of urea groups is 1. The van der Waals surface area contributed by atoms with Gasteiger partial charge in [0.2, 0.25) is 0 Å². The second-order valence-electron chi connectivity index (χ2n) is 7.20. The quantitative estimate of drug-likeness (QED) is 0.652. The van der Waals surface area contributed by atoms with E-state index in [4.69, 9.17) is 9.47 Å². The predicted molar refractivity (Wildman–Crippen MR) is 115 cm³/mol. The van der Waals surface area contributed by atoms with Crippen molar-refractivity contribution in [2.75, 3.05) is 13.1 Å². The first-order valence-electron chi connectivity index (χ1n) is 10.2. The van der Waals surface area contributed by atoms with Gasteiger partial charge in [0.05, 0.1) is 0 Å². The van der Waals surface area contributed by atoms with Crippen molar-refractivity contribution in [3.63, 3.8) is 0 Å². The second kappa shape index (κ2) is 9.78. The topological polar surface area (TPSA) is 63.7 Å². The van der Waals surface area contributed by atoms with Crippen molar-refractivity contribution in [3.8, 4) is 17.2 Å². The van der Waals surface area contributed by atoms with Crippen LogP contribution in [0.4, 0.5) is 4.79 Å². The van der Waals surface area contributed by atoms with E-state index in [9.17, 15) is 4.79 Å². The number of hydrogen-bond acceptors (Lipinski definition) is 4. The number of likely N-dealkylation sites (tertiary alicyclic amines) is 1. The van der Waals surface area contributed by atoms with E-state index in [1.807, 2.05) is 71.6 Å². The van der Waals surface area contributed by atoms with Gasteiger partial charge in [-0.3, -0.25) is 4.98 Å². The Morgan fingerprint density at radius 1 is 0.900 bits per heavy atom. The summed E-state index contributed by atoms with van der Waals surface area (Å²) in [6.45, 7) is 1.86. The Labute approximate surface area is 176 Å². The molecule has 0 atom stereocenters. The summed E-state index contributed by atoms with van der Waals surface area (Å²) in [5, 5.41) is 3.00. The molecule has 0 spiro atoms. The molecule has 1 aliphatic rings. The molecule has 2 amide bonds. The van der Waals surface area contributed by atoms with Crippen LogP contribution < -0.4 is 14.8 Å². The Kier molecular flexibility index (Phi) is 6.44. The van der Waals surface area contributed by atoms with Crippen LogP contribution in [0.15, 0.2) is 79.1 Å². The Balaban J connectivity index is 1.20. The molecule has 2 aromatic carbocycles. The van der Waals surface area contributed by atoms with E-state index in [0.29, 0.717) is 19.6 Å². The van der Waals surface area contributed by atoms with Crippen molar-refractivity contribution in [1.82, 2.24) is 15.2 Å². The Morgan fingerprint density at radius 3 is 2.27 bits per heavy atom. The lowest BCUT2D eigenvalue weighted by atomic mass is 10.1. The number of carbonyl (C=O) groups excluding carboxylic acids is 1. The van der Waals surface area contributed by atoms with E-state index in [-0.39, 0.29) is 12.1 Å². The minimum absolute atomic E-state index is 0.0398. The largest absolute Gasteiger partial charge is 0.490 e. The molecular formula is C24H25N3O3.